The Bertz CT molecular complexity index is 424. The number of rotatable bonds is 6. The topological polar surface area (TPSA) is 21.3 Å². The van der Waals surface area contributed by atoms with Crippen molar-refractivity contribution in [2.24, 2.45) is 0 Å². The molecular weight excluding hydrogens is 281 g/mol. The number of hydrogen-bond acceptors (Lipinski definition) is 2. The molecule has 2 nitrogen and oxygen atoms in total. The van der Waals surface area contributed by atoms with Crippen LogP contribution in [-0.4, -0.2) is 19.8 Å². The highest BCUT2D eigenvalue weighted by Gasteiger charge is 2.30. The van der Waals surface area contributed by atoms with Crippen LogP contribution >= 0.6 is 0 Å². The Balaban J connectivity index is 3.02. The van der Waals surface area contributed by atoms with Gasteiger partial charge in [-0.3, -0.25) is 0 Å². The third-order valence-corrected chi connectivity index (χ3v) is 2.80. The number of halogens is 5. The predicted octanol–water partition coefficient (Wildman–Crippen LogP) is 3.97. The second kappa shape index (κ2) is 6.88. The van der Waals surface area contributed by atoms with Crippen LogP contribution < -0.4 is 10.1 Å². The molecule has 0 fully saturated rings. The highest BCUT2D eigenvalue weighted by atomic mass is 19.4. The molecule has 0 radical (unpaired) electrons. The fraction of sp³-hybridized carbons (Fsp3) is 0.538. The van der Waals surface area contributed by atoms with Crippen molar-refractivity contribution in [3.63, 3.8) is 0 Å². The van der Waals surface area contributed by atoms with E-state index in [1.165, 1.54) is 7.11 Å². The first-order valence-corrected chi connectivity index (χ1v) is 6.11. The SMILES string of the molecule is CCNC(CCC(F)(F)F)c1c(F)cc(OC)cc1F. The molecule has 114 valence electrons. The van der Waals surface area contributed by atoms with E-state index in [-0.39, 0.29) is 5.75 Å². The number of methoxy groups -OCH3 is 1. The minimum Gasteiger partial charge on any atom is -0.497 e. The highest BCUT2D eigenvalue weighted by Crippen LogP contribution is 2.31. The van der Waals surface area contributed by atoms with Gasteiger partial charge in [-0.2, -0.15) is 13.2 Å². The summed E-state index contributed by atoms with van der Waals surface area (Å²) >= 11 is 0. The summed E-state index contributed by atoms with van der Waals surface area (Å²) in [4.78, 5) is 0. The monoisotopic (exact) mass is 297 g/mol. The number of benzene rings is 1. The van der Waals surface area contributed by atoms with Gasteiger partial charge in [-0.15, -0.1) is 0 Å². The number of nitrogens with one attached hydrogen (secondary N) is 1. The first kappa shape index (κ1) is 16.7. The van der Waals surface area contributed by atoms with Gasteiger partial charge in [-0.25, -0.2) is 8.78 Å². The molecule has 0 aliphatic rings. The second-order valence-corrected chi connectivity index (χ2v) is 4.27. The van der Waals surface area contributed by atoms with Crippen LogP contribution in [-0.2, 0) is 0 Å². The van der Waals surface area contributed by atoms with Crippen molar-refractivity contribution in [2.45, 2.75) is 32.0 Å². The van der Waals surface area contributed by atoms with Gasteiger partial charge < -0.3 is 10.1 Å². The molecule has 0 heterocycles. The van der Waals surface area contributed by atoms with Crippen molar-refractivity contribution in [3.05, 3.63) is 29.3 Å². The molecule has 0 aromatic heterocycles. The Labute approximate surface area is 113 Å². The van der Waals surface area contributed by atoms with Gasteiger partial charge >= 0.3 is 6.18 Å². The Morgan fingerprint density at radius 3 is 2.15 bits per heavy atom. The van der Waals surface area contributed by atoms with Crippen molar-refractivity contribution < 1.29 is 26.7 Å². The Kier molecular flexibility index (Phi) is 5.74. The zero-order valence-electron chi connectivity index (χ0n) is 11.2. The highest BCUT2D eigenvalue weighted by molar-refractivity contribution is 5.32. The standard InChI is InChI=1S/C13H16F5NO/c1-3-19-11(4-5-13(16,17)18)12-9(14)6-8(20-2)7-10(12)15/h6-7,11,19H,3-5H2,1-2H3. The first-order chi connectivity index (χ1) is 9.28. The molecule has 7 heteroatoms. The summed E-state index contributed by atoms with van der Waals surface area (Å²) in [5, 5.41) is 2.67. The number of ether oxygens (including phenoxy) is 1. The van der Waals surface area contributed by atoms with E-state index in [1.807, 2.05) is 0 Å². The van der Waals surface area contributed by atoms with Crippen LogP contribution in [0.25, 0.3) is 0 Å². The van der Waals surface area contributed by atoms with Gasteiger partial charge in [0.15, 0.2) is 0 Å². The van der Waals surface area contributed by atoms with Crippen LogP contribution in [0, 0.1) is 11.6 Å². The van der Waals surface area contributed by atoms with Crippen molar-refractivity contribution in [3.8, 4) is 5.75 Å². The summed E-state index contributed by atoms with van der Waals surface area (Å²) in [6, 6.07) is 0.875. The molecule has 1 N–H and O–H groups in total. The van der Waals surface area contributed by atoms with Gasteiger partial charge in [0, 0.05) is 30.2 Å². The molecule has 0 amide bonds. The van der Waals surface area contributed by atoms with E-state index in [0.29, 0.717) is 6.54 Å². The zero-order chi connectivity index (χ0) is 15.3. The van der Waals surface area contributed by atoms with Crippen molar-refractivity contribution in [1.29, 1.82) is 0 Å². The minimum absolute atomic E-state index is 0.0187. The molecule has 0 saturated carbocycles. The van der Waals surface area contributed by atoms with Crippen LogP contribution in [0.2, 0.25) is 0 Å². The second-order valence-electron chi connectivity index (χ2n) is 4.27. The molecule has 0 aliphatic heterocycles. The predicted molar refractivity (Wildman–Crippen MR) is 64.6 cm³/mol. The van der Waals surface area contributed by atoms with Crippen LogP contribution in [0.4, 0.5) is 22.0 Å². The van der Waals surface area contributed by atoms with Gasteiger partial charge in [0.25, 0.3) is 0 Å². The lowest BCUT2D eigenvalue weighted by molar-refractivity contribution is -0.136. The molecule has 1 atom stereocenters. The summed E-state index contributed by atoms with van der Waals surface area (Å²) in [5.41, 5.74) is -0.392. The quantitative estimate of drug-likeness (QED) is 0.802. The molecule has 0 aliphatic carbocycles. The summed E-state index contributed by atoms with van der Waals surface area (Å²) in [6.07, 6.45) is -5.92. The lowest BCUT2D eigenvalue weighted by Gasteiger charge is -2.20. The molecule has 1 aromatic rings. The molecular formula is C13H16F5NO. The lowest BCUT2D eigenvalue weighted by atomic mass is 10.00. The van der Waals surface area contributed by atoms with Crippen LogP contribution in [0.1, 0.15) is 31.4 Å². The van der Waals surface area contributed by atoms with Crippen LogP contribution in [0.15, 0.2) is 12.1 Å². The van der Waals surface area contributed by atoms with E-state index >= 15 is 0 Å². The summed E-state index contributed by atoms with van der Waals surface area (Å²) in [7, 11) is 1.25. The maximum absolute atomic E-state index is 13.9. The van der Waals surface area contributed by atoms with Gasteiger partial charge in [-0.05, 0) is 13.0 Å². The molecule has 0 saturated heterocycles. The van der Waals surface area contributed by atoms with E-state index in [2.05, 4.69) is 5.32 Å². The van der Waals surface area contributed by atoms with Gasteiger partial charge in [-0.1, -0.05) is 6.92 Å². The van der Waals surface area contributed by atoms with Crippen LogP contribution in [0.3, 0.4) is 0 Å². The summed E-state index contributed by atoms with van der Waals surface area (Å²) in [6.45, 7) is 1.95. The van der Waals surface area contributed by atoms with Gasteiger partial charge in [0.2, 0.25) is 0 Å². The van der Waals surface area contributed by atoms with Crippen molar-refractivity contribution >= 4 is 0 Å². The summed E-state index contributed by atoms with van der Waals surface area (Å²) < 4.78 is 69.2. The average molecular weight is 297 g/mol. The maximum Gasteiger partial charge on any atom is 0.389 e. The number of alkyl halides is 3. The normalized spacial score (nSPS) is 13.3. The van der Waals surface area contributed by atoms with E-state index in [9.17, 15) is 22.0 Å². The molecule has 0 bridgehead atoms. The third-order valence-electron chi connectivity index (χ3n) is 2.80. The Morgan fingerprint density at radius 2 is 1.75 bits per heavy atom. The fourth-order valence-electron chi connectivity index (χ4n) is 1.91. The molecule has 20 heavy (non-hydrogen) atoms. The molecule has 0 spiro atoms. The van der Waals surface area contributed by atoms with Gasteiger partial charge in [0.1, 0.15) is 17.4 Å². The van der Waals surface area contributed by atoms with Crippen molar-refractivity contribution in [2.75, 3.05) is 13.7 Å². The molecule has 1 aromatic carbocycles. The summed E-state index contributed by atoms with van der Waals surface area (Å²) in [5.74, 6) is -1.86. The minimum atomic E-state index is -4.37. The fourth-order valence-corrected chi connectivity index (χ4v) is 1.91. The molecule has 1 rings (SSSR count). The Hall–Kier alpha value is -1.37. The largest absolute Gasteiger partial charge is 0.497 e. The van der Waals surface area contributed by atoms with Crippen molar-refractivity contribution in [1.82, 2.24) is 5.32 Å². The van der Waals surface area contributed by atoms with E-state index in [1.54, 1.807) is 6.92 Å². The smallest absolute Gasteiger partial charge is 0.389 e. The third kappa shape index (κ3) is 4.63. The van der Waals surface area contributed by atoms with E-state index in [4.69, 9.17) is 4.74 Å². The zero-order valence-corrected chi connectivity index (χ0v) is 11.2. The Morgan fingerprint density at radius 1 is 1.20 bits per heavy atom. The average Bonchev–Trinajstić information content (AvgIpc) is 2.33. The molecule has 1 unspecified atom stereocenters. The van der Waals surface area contributed by atoms with E-state index in [0.717, 1.165) is 12.1 Å². The van der Waals surface area contributed by atoms with E-state index < -0.39 is 42.3 Å². The first-order valence-electron chi connectivity index (χ1n) is 6.11. The van der Waals surface area contributed by atoms with Gasteiger partial charge in [0.05, 0.1) is 7.11 Å². The maximum atomic E-state index is 13.9. The number of hydrogen-bond donors (Lipinski definition) is 1. The van der Waals surface area contributed by atoms with Crippen LogP contribution in [0.5, 0.6) is 5.75 Å². The lowest BCUT2D eigenvalue weighted by Crippen LogP contribution is -2.25.